The van der Waals surface area contributed by atoms with Crippen molar-refractivity contribution >= 4 is 28.2 Å². The highest BCUT2D eigenvalue weighted by atomic mass is 35.5. The Morgan fingerprint density at radius 1 is 0.923 bits per heavy atom. The zero-order valence-corrected chi connectivity index (χ0v) is 16.2. The van der Waals surface area contributed by atoms with Crippen molar-refractivity contribution in [2.24, 2.45) is 0 Å². The first kappa shape index (κ1) is 19.7. The lowest BCUT2D eigenvalue weighted by atomic mass is 10.2. The van der Waals surface area contributed by atoms with Crippen molar-refractivity contribution in [1.29, 1.82) is 0 Å². The number of para-hydroxylation sites is 1. The summed E-state index contributed by atoms with van der Waals surface area (Å²) in [6, 6.07) is 17.2. The maximum atomic E-state index is 12.5. The topological polar surface area (TPSA) is 52.2 Å². The predicted octanol–water partition coefficient (Wildman–Crippen LogP) is 4.80. The van der Waals surface area contributed by atoms with E-state index in [1.165, 1.54) is 9.08 Å². The molecule has 26 heavy (non-hydrogen) atoms. The van der Waals surface area contributed by atoms with E-state index in [1.807, 2.05) is 82.3 Å². The van der Waals surface area contributed by atoms with Gasteiger partial charge in [0.25, 0.3) is 0 Å². The van der Waals surface area contributed by atoms with Crippen LogP contribution in [-0.2, 0) is 6.54 Å². The highest BCUT2D eigenvalue weighted by molar-refractivity contribution is 6.29. The van der Waals surface area contributed by atoms with Crippen LogP contribution in [0.25, 0.3) is 16.6 Å². The molecule has 0 amide bonds. The molecule has 5 nitrogen and oxygen atoms in total. The van der Waals surface area contributed by atoms with Gasteiger partial charge in [0.05, 0.1) is 12.1 Å². The van der Waals surface area contributed by atoms with Crippen molar-refractivity contribution in [2.45, 2.75) is 34.2 Å². The van der Waals surface area contributed by atoms with E-state index >= 15 is 0 Å². The van der Waals surface area contributed by atoms with Crippen LogP contribution < -0.4 is 5.69 Å². The molecule has 2 heterocycles. The summed E-state index contributed by atoms with van der Waals surface area (Å²) in [7, 11) is 0. The van der Waals surface area contributed by atoms with Crippen molar-refractivity contribution in [1.82, 2.24) is 19.2 Å². The summed E-state index contributed by atoms with van der Waals surface area (Å²) in [6.45, 7) is 8.39. The fourth-order valence-electron chi connectivity index (χ4n) is 2.52. The summed E-state index contributed by atoms with van der Waals surface area (Å²) in [5.41, 5.74) is 1.96. The van der Waals surface area contributed by atoms with Gasteiger partial charge in [-0.25, -0.2) is 18.9 Å². The lowest BCUT2D eigenvalue weighted by Crippen LogP contribution is -2.22. The van der Waals surface area contributed by atoms with E-state index in [4.69, 9.17) is 11.6 Å². The van der Waals surface area contributed by atoms with Gasteiger partial charge in [-0.2, -0.15) is 0 Å². The molecule has 0 spiro atoms. The molecule has 0 aliphatic carbocycles. The highest BCUT2D eigenvalue weighted by Gasteiger charge is 2.14. The lowest BCUT2D eigenvalue weighted by molar-refractivity contribution is 0.658. The van der Waals surface area contributed by atoms with Gasteiger partial charge in [-0.15, -0.1) is 5.10 Å². The van der Waals surface area contributed by atoms with Crippen LogP contribution in [-0.4, -0.2) is 19.2 Å². The number of hydrogen-bond acceptors (Lipinski definition) is 3. The molecule has 0 saturated carbocycles. The molecule has 0 fully saturated rings. The third-order valence-electron chi connectivity index (χ3n) is 3.56. The third kappa shape index (κ3) is 3.78. The van der Waals surface area contributed by atoms with Crippen LogP contribution in [0.1, 0.15) is 33.3 Å². The standard InChI is InChI=1S/C16H11ClN4O.2C2H6/c17-15-18-13-9-5-4-8-12(13)14-19-20(16(22)21(14)15)10-11-6-2-1-3-7-11;2*1-2/h1-9H,10H2;2*1-2H3. The van der Waals surface area contributed by atoms with Crippen molar-refractivity contribution < 1.29 is 0 Å². The second kappa shape index (κ2) is 9.15. The molecule has 4 rings (SSSR count). The summed E-state index contributed by atoms with van der Waals surface area (Å²) in [5, 5.41) is 5.36. The first-order valence-corrected chi connectivity index (χ1v) is 9.19. The fourth-order valence-corrected chi connectivity index (χ4v) is 2.76. The number of nitrogens with zero attached hydrogens (tertiary/aromatic N) is 4. The lowest BCUT2D eigenvalue weighted by Gasteiger charge is -1.99. The number of fused-ring (bicyclic) bond motifs is 3. The Morgan fingerprint density at radius 2 is 1.54 bits per heavy atom. The van der Waals surface area contributed by atoms with E-state index in [0.717, 1.165) is 16.5 Å². The first-order valence-electron chi connectivity index (χ1n) is 8.82. The van der Waals surface area contributed by atoms with E-state index in [1.54, 1.807) is 0 Å². The van der Waals surface area contributed by atoms with Gasteiger partial charge in [0, 0.05) is 5.39 Å². The molecule has 6 heteroatoms. The summed E-state index contributed by atoms with van der Waals surface area (Å²) in [5.74, 6) is 0. The largest absolute Gasteiger partial charge is 0.353 e. The molecule has 4 aromatic rings. The van der Waals surface area contributed by atoms with Gasteiger partial charge in [-0.3, -0.25) is 0 Å². The molecule has 0 radical (unpaired) electrons. The van der Waals surface area contributed by atoms with Crippen LogP contribution in [0, 0.1) is 0 Å². The predicted molar refractivity (Wildman–Crippen MR) is 108 cm³/mol. The highest BCUT2D eigenvalue weighted by Crippen LogP contribution is 2.19. The minimum atomic E-state index is -0.290. The fraction of sp³-hybridized carbons (Fsp3) is 0.250. The summed E-state index contributed by atoms with van der Waals surface area (Å²) in [4.78, 5) is 16.8. The third-order valence-corrected chi connectivity index (χ3v) is 3.81. The van der Waals surface area contributed by atoms with Crippen molar-refractivity contribution in [2.75, 3.05) is 0 Å². The molecule has 136 valence electrons. The molecule has 2 aromatic heterocycles. The van der Waals surface area contributed by atoms with Gasteiger partial charge in [0.2, 0.25) is 5.28 Å². The maximum absolute atomic E-state index is 12.5. The van der Waals surface area contributed by atoms with Crippen LogP contribution in [0.2, 0.25) is 5.28 Å². The average Bonchev–Trinajstić information content (AvgIpc) is 3.03. The molecule has 0 saturated heterocycles. The molecule has 2 aromatic carbocycles. The molecule has 0 atom stereocenters. The Balaban J connectivity index is 0.000000570. The Kier molecular flexibility index (Phi) is 6.92. The molecule has 0 bridgehead atoms. The molecular formula is C20H23ClN4O. The molecule has 0 aliphatic heterocycles. The summed E-state index contributed by atoms with van der Waals surface area (Å²) < 4.78 is 2.75. The van der Waals surface area contributed by atoms with Crippen LogP contribution in [0.3, 0.4) is 0 Å². The second-order valence-corrected chi connectivity index (χ2v) is 5.32. The number of benzene rings is 2. The SMILES string of the molecule is CC.CC.O=c1n(Cc2ccccc2)nc2c3ccccc3nc(Cl)n12. The number of aromatic nitrogens is 4. The van der Waals surface area contributed by atoms with Crippen LogP contribution in [0.5, 0.6) is 0 Å². The van der Waals surface area contributed by atoms with Gasteiger partial charge in [-0.1, -0.05) is 70.2 Å². The Hall–Kier alpha value is -2.66. The van der Waals surface area contributed by atoms with Gasteiger partial charge >= 0.3 is 5.69 Å². The van der Waals surface area contributed by atoms with E-state index < -0.39 is 0 Å². The maximum Gasteiger partial charge on any atom is 0.353 e. The van der Waals surface area contributed by atoms with Crippen molar-refractivity contribution in [3.63, 3.8) is 0 Å². The van der Waals surface area contributed by atoms with E-state index in [2.05, 4.69) is 10.1 Å². The summed E-state index contributed by atoms with van der Waals surface area (Å²) >= 11 is 6.16. The normalized spacial score (nSPS) is 10.0. The van der Waals surface area contributed by atoms with Crippen molar-refractivity contribution in [3.05, 3.63) is 75.9 Å². The number of rotatable bonds is 2. The number of halogens is 1. The van der Waals surface area contributed by atoms with Crippen LogP contribution in [0.4, 0.5) is 0 Å². The Bertz CT molecular complexity index is 1040. The second-order valence-electron chi connectivity index (χ2n) is 4.98. The Labute approximate surface area is 157 Å². The van der Waals surface area contributed by atoms with Crippen LogP contribution in [0.15, 0.2) is 59.4 Å². The summed E-state index contributed by atoms with van der Waals surface area (Å²) in [6.07, 6.45) is 0. The van der Waals surface area contributed by atoms with Gasteiger partial charge in [0.1, 0.15) is 0 Å². The van der Waals surface area contributed by atoms with E-state index in [-0.39, 0.29) is 11.0 Å². The van der Waals surface area contributed by atoms with Gasteiger partial charge in [-0.05, 0) is 29.3 Å². The molecule has 0 N–H and O–H groups in total. The monoisotopic (exact) mass is 370 g/mol. The molecule has 0 unspecified atom stereocenters. The Morgan fingerprint density at radius 3 is 2.23 bits per heavy atom. The quantitative estimate of drug-likeness (QED) is 0.476. The van der Waals surface area contributed by atoms with Crippen molar-refractivity contribution in [3.8, 4) is 0 Å². The minimum absolute atomic E-state index is 0.123. The van der Waals surface area contributed by atoms with Gasteiger partial charge in [0.15, 0.2) is 5.65 Å². The molecular weight excluding hydrogens is 348 g/mol. The zero-order chi connectivity index (χ0) is 19.1. The average molecular weight is 371 g/mol. The number of hydrogen-bond donors (Lipinski definition) is 0. The van der Waals surface area contributed by atoms with Crippen LogP contribution >= 0.6 is 11.6 Å². The zero-order valence-electron chi connectivity index (χ0n) is 15.5. The van der Waals surface area contributed by atoms with Gasteiger partial charge < -0.3 is 0 Å². The smallest absolute Gasteiger partial charge is 0.245 e. The van der Waals surface area contributed by atoms with E-state index in [9.17, 15) is 4.79 Å². The minimum Gasteiger partial charge on any atom is -0.245 e. The first-order chi connectivity index (χ1) is 12.7. The van der Waals surface area contributed by atoms with E-state index in [0.29, 0.717) is 12.2 Å². The molecule has 0 aliphatic rings.